The zero-order valence-electron chi connectivity index (χ0n) is 12.8. The Labute approximate surface area is 130 Å². The molecular weight excluding hydrogens is 286 g/mol. The lowest BCUT2D eigenvalue weighted by atomic mass is 9.95. The fourth-order valence-electron chi connectivity index (χ4n) is 2.77. The molecule has 0 unspecified atom stereocenters. The van der Waals surface area contributed by atoms with Crippen LogP contribution < -0.4 is 10.6 Å². The molecule has 0 saturated heterocycles. The molecule has 21 heavy (non-hydrogen) atoms. The van der Waals surface area contributed by atoms with Crippen LogP contribution in [0.15, 0.2) is 12.7 Å². The summed E-state index contributed by atoms with van der Waals surface area (Å²) in [5.74, 6) is 1.15. The Morgan fingerprint density at radius 1 is 1.52 bits per heavy atom. The monoisotopic (exact) mass is 311 g/mol. The number of carbonyl (C=O) groups is 1. The molecule has 2 rings (SSSR count). The Morgan fingerprint density at radius 2 is 2.38 bits per heavy atom. The number of amides is 2. The first-order valence-electron chi connectivity index (χ1n) is 7.68. The minimum absolute atomic E-state index is 0.0242. The van der Waals surface area contributed by atoms with E-state index < -0.39 is 0 Å². The summed E-state index contributed by atoms with van der Waals surface area (Å²) < 4.78 is 1.72. The third-order valence-electron chi connectivity index (χ3n) is 3.67. The van der Waals surface area contributed by atoms with Gasteiger partial charge in [0.25, 0.3) is 0 Å². The average molecular weight is 311 g/mol. The highest BCUT2D eigenvalue weighted by Gasteiger charge is 2.23. The molecule has 3 atom stereocenters. The maximum Gasteiger partial charge on any atom is 0.315 e. The van der Waals surface area contributed by atoms with Crippen LogP contribution in [0.5, 0.6) is 0 Å². The zero-order chi connectivity index (χ0) is 15.1. The second kappa shape index (κ2) is 8.26. The maximum absolute atomic E-state index is 12.0. The summed E-state index contributed by atoms with van der Waals surface area (Å²) in [6, 6.07) is 0.257. The Balaban J connectivity index is 1.71. The van der Waals surface area contributed by atoms with Crippen LogP contribution in [0.3, 0.4) is 0 Å². The number of urea groups is 1. The molecule has 1 aromatic rings. The van der Waals surface area contributed by atoms with Gasteiger partial charge in [-0.25, -0.2) is 9.78 Å². The summed E-state index contributed by atoms with van der Waals surface area (Å²) in [4.78, 5) is 15.9. The van der Waals surface area contributed by atoms with Crippen LogP contribution in [0.2, 0.25) is 0 Å². The number of hydrogen-bond acceptors (Lipinski definition) is 4. The summed E-state index contributed by atoms with van der Waals surface area (Å²) in [5.41, 5.74) is 0. The van der Waals surface area contributed by atoms with Gasteiger partial charge in [0.15, 0.2) is 0 Å². The molecule has 2 amide bonds. The molecule has 6 nitrogen and oxygen atoms in total. The second-order valence-corrected chi connectivity index (χ2v) is 7.15. The molecule has 1 aliphatic rings. The molecule has 1 saturated carbocycles. The third-order valence-corrected chi connectivity index (χ3v) is 4.90. The Kier molecular flexibility index (Phi) is 6.35. The molecule has 1 aromatic heterocycles. The predicted molar refractivity (Wildman–Crippen MR) is 85.3 cm³/mol. The first-order valence-corrected chi connectivity index (χ1v) is 8.73. The van der Waals surface area contributed by atoms with Crippen LogP contribution >= 0.6 is 11.8 Å². The van der Waals surface area contributed by atoms with E-state index in [1.54, 1.807) is 11.0 Å². The van der Waals surface area contributed by atoms with Crippen molar-refractivity contribution in [3.05, 3.63) is 12.7 Å². The van der Waals surface area contributed by atoms with E-state index in [-0.39, 0.29) is 12.1 Å². The molecule has 1 heterocycles. The lowest BCUT2D eigenvalue weighted by molar-refractivity contribution is 0.228. The number of aromatic nitrogens is 3. The molecule has 0 radical (unpaired) electrons. The first kappa shape index (κ1) is 16.1. The number of hydrogen-bond donors (Lipinski definition) is 2. The summed E-state index contributed by atoms with van der Waals surface area (Å²) in [6.45, 7) is 4.80. The van der Waals surface area contributed by atoms with Crippen molar-refractivity contribution < 1.29 is 4.79 Å². The second-order valence-electron chi connectivity index (χ2n) is 5.58. The Morgan fingerprint density at radius 3 is 3.10 bits per heavy atom. The minimum Gasteiger partial charge on any atom is -0.335 e. The topological polar surface area (TPSA) is 71.8 Å². The van der Waals surface area contributed by atoms with Gasteiger partial charge in [-0.05, 0) is 31.9 Å². The van der Waals surface area contributed by atoms with Crippen LogP contribution in [0.4, 0.5) is 4.79 Å². The highest BCUT2D eigenvalue weighted by Crippen LogP contribution is 2.28. The summed E-state index contributed by atoms with van der Waals surface area (Å²) in [6.07, 6.45) is 7.82. The van der Waals surface area contributed by atoms with Crippen molar-refractivity contribution in [2.75, 3.05) is 5.75 Å². The van der Waals surface area contributed by atoms with Gasteiger partial charge in [0, 0.05) is 17.3 Å². The van der Waals surface area contributed by atoms with Gasteiger partial charge in [0.05, 0.1) is 6.54 Å². The van der Waals surface area contributed by atoms with Crippen LogP contribution in [0.25, 0.3) is 0 Å². The van der Waals surface area contributed by atoms with Crippen molar-refractivity contribution in [3.8, 4) is 0 Å². The van der Waals surface area contributed by atoms with Crippen molar-refractivity contribution in [2.45, 2.75) is 63.4 Å². The predicted octanol–water partition coefficient (Wildman–Crippen LogP) is 2.03. The van der Waals surface area contributed by atoms with Gasteiger partial charge in [-0.2, -0.15) is 16.9 Å². The first-order chi connectivity index (χ1) is 10.2. The molecule has 0 bridgehead atoms. The van der Waals surface area contributed by atoms with Crippen LogP contribution in [-0.4, -0.2) is 43.9 Å². The minimum atomic E-state index is -0.0743. The largest absolute Gasteiger partial charge is 0.335 e. The normalized spacial score (nSPS) is 23.5. The Hall–Kier alpha value is -1.24. The quantitative estimate of drug-likeness (QED) is 0.843. The molecule has 0 spiro atoms. The molecule has 2 N–H and O–H groups in total. The van der Waals surface area contributed by atoms with Gasteiger partial charge in [0.2, 0.25) is 0 Å². The lowest BCUT2D eigenvalue weighted by Gasteiger charge is -2.29. The summed E-state index contributed by atoms with van der Waals surface area (Å²) >= 11 is 2.01. The SMILES string of the molecule is CCS[C@@H]1CCC[C@@H](NC(=O)N[C@@H](C)Cn2cncn2)C1. The number of carbonyl (C=O) groups excluding carboxylic acids is 1. The van der Waals surface area contributed by atoms with Gasteiger partial charge < -0.3 is 10.6 Å². The van der Waals surface area contributed by atoms with E-state index in [0.29, 0.717) is 17.8 Å². The maximum atomic E-state index is 12.0. The van der Waals surface area contributed by atoms with Crippen molar-refractivity contribution in [1.29, 1.82) is 0 Å². The van der Waals surface area contributed by atoms with Crippen molar-refractivity contribution >= 4 is 17.8 Å². The number of rotatable bonds is 6. The highest BCUT2D eigenvalue weighted by atomic mass is 32.2. The number of nitrogens with zero attached hydrogens (tertiary/aromatic N) is 3. The van der Waals surface area contributed by atoms with Crippen LogP contribution in [0.1, 0.15) is 39.5 Å². The van der Waals surface area contributed by atoms with E-state index in [1.165, 1.54) is 19.2 Å². The van der Waals surface area contributed by atoms with Crippen molar-refractivity contribution in [2.24, 2.45) is 0 Å². The molecule has 1 fully saturated rings. The molecule has 7 heteroatoms. The summed E-state index contributed by atoms with van der Waals surface area (Å²) in [5, 5.41) is 10.8. The van der Waals surface area contributed by atoms with Gasteiger partial charge in [-0.3, -0.25) is 4.68 Å². The average Bonchev–Trinajstić information content (AvgIpc) is 2.91. The zero-order valence-corrected chi connectivity index (χ0v) is 13.6. The molecule has 0 aromatic carbocycles. The fourth-order valence-corrected chi connectivity index (χ4v) is 3.94. The van der Waals surface area contributed by atoms with Gasteiger partial charge in [0.1, 0.15) is 12.7 Å². The molecule has 0 aliphatic heterocycles. The van der Waals surface area contributed by atoms with E-state index in [4.69, 9.17) is 0 Å². The van der Waals surface area contributed by atoms with Crippen molar-refractivity contribution in [3.63, 3.8) is 0 Å². The van der Waals surface area contributed by atoms with E-state index >= 15 is 0 Å². The van der Waals surface area contributed by atoms with Gasteiger partial charge >= 0.3 is 6.03 Å². The number of nitrogens with one attached hydrogen (secondary N) is 2. The Bertz CT molecular complexity index is 423. The molecule has 118 valence electrons. The smallest absolute Gasteiger partial charge is 0.315 e. The number of thioether (sulfide) groups is 1. The van der Waals surface area contributed by atoms with Crippen LogP contribution in [-0.2, 0) is 6.54 Å². The van der Waals surface area contributed by atoms with E-state index in [9.17, 15) is 4.79 Å². The van der Waals surface area contributed by atoms with E-state index in [1.807, 2.05) is 18.7 Å². The van der Waals surface area contributed by atoms with Gasteiger partial charge in [-0.15, -0.1) is 0 Å². The third kappa shape index (κ3) is 5.57. The standard InChI is InChI=1S/C14H25N5OS/c1-3-21-13-6-4-5-12(7-13)18-14(20)17-11(2)8-19-10-15-9-16-19/h9-13H,3-8H2,1-2H3,(H2,17,18,20)/t11-,12+,13+/m0/s1. The highest BCUT2D eigenvalue weighted by molar-refractivity contribution is 7.99. The lowest BCUT2D eigenvalue weighted by Crippen LogP contribution is -2.48. The van der Waals surface area contributed by atoms with E-state index in [0.717, 1.165) is 18.6 Å². The van der Waals surface area contributed by atoms with Crippen molar-refractivity contribution in [1.82, 2.24) is 25.4 Å². The van der Waals surface area contributed by atoms with Gasteiger partial charge in [-0.1, -0.05) is 13.3 Å². The fraction of sp³-hybridized carbons (Fsp3) is 0.786. The van der Waals surface area contributed by atoms with E-state index in [2.05, 4.69) is 27.6 Å². The molecule has 1 aliphatic carbocycles. The van der Waals surface area contributed by atoms with Crippen LogP contribution in [0, 0.1) is 0 Å². The molecular formula is C14H25N5OS. The summed E-state index contributed by atoms with van der Waals surface area (Å²) in [7, 11) is 0.